The van der Waals surface area contributed by atoms with Crippen LogP contribution in [-0.2, 0) is 10.0 Å². The normalized spacial score (nSPS) is 11.3. The molecule has 2 N–H and O–H groups in total. The molecule has 0 fully saturated rings. The second-order valence-electron chi connectivity index (χ2n) is 6.74. The molecule has 0 aliphatic rings. The van der Waals surface area contributed by atoms with Gasteiger partial charge in [-0.25, -0.2) is 23.5 Å². The summed E-state index contributed by atoms with van der Waals surface area (Å²) in [5.41, 5.74) is 3.21. The van der Waals surface area contributed by atoms with Gasteiger partial charge >= 0.3 is 0 Å². The minimum Gasteiger partial charge on any atom is -0.310 e. The Morgan fingerprint density at radius 2 is 1.74 bits per heavy atom. The Labute approximate surface area is 178 Å². The molecular weight excluding hydrogens is 416 g/mol. The van der Waals surface area contributed by atoms with Crippen LogP contribution in [0, 0.1) is 11.3 Å². The predicted octanol–water partition coefficient (Wildman–Crippen LogP) is 2.19. The number of hydrogen-bond acceptors (Lipinski definition) is 6. The lowest BCUT2D eigenvalue weighted by atomic mass is 10.2. The molecule has 0 aliphatic heterocycles. The molecule has 4 aromatic rings. The summed E-state index contributed by atoms with van der Waals surface area (Å²) in [4.78, 5) is 22.9. The van der Waals surface area contributed by atoms with Gasteiger partial charge in [-0.2, -0.15) is 5.26 Å². The van der Waals surface area contributed by atoms with E-state index in [2.05, 4.69) is 9.97 Å². The van der Waals surface area contributed by atoms with Gasteiger partial charge in [0.05, 0.1) is 34.6 Å². The van der Waals surface area contributed by atoms with Gasteiger partial charge in [-0.15, -0.1) is 0 Å². The first kappa shape index (κ1) is 20.2. The quantitative estimate of drug-likeness (QED) is 0.525. The number of carbonyl (C=O) groups excluding carboxylic acids is 1. The van der Waals surface area contributed by atoms with Gasteiger partial charge in [0.25, 0.3) is 5.91 Å². The lowest BCUT2D eigenvalue weighted by Gasteiger charge is -2.17. The van der Waals surface area contributed by atoms with Crippen LogP contribution in [0.15, 0.2) is 72.0 Å². The van der Waals surface area contributed by atoms with E-state index in [1.54, 1.807) is 60.2 Å². The van der Waals surface area contributed by atoms with Crippen LogP contribution in [0.25, 0.3) is 16.9 Å². The molecule has 9 nitrogen and oxygen atoms in total. The zero-order valence-electron chi connectivity index (χ0n) is 16.3. The van der Waals surface area contributed by atoms with Crippen molar-refractivity contribution in [2.24, 2.45) is 5.14 Å². The van der Waals surface area contributed by atoms with Crippen molar-refractivity contribution in [2.75, 3.05) is 11.9 Å². The number of imidazole rings is 1. The summed E-state index contributed by atoms with van der Waals surface area (Å²) in [6, 6.07) is 14.7. The Bertz CT molecular complexity index is 1440. The fourth-order valence-corrected chi connectivity index (χ4v) is 3.59. The summed E-state index contributed by atoms with van der Waals surface area (Å²) in [6.07, 6.45) is 4.68. The standard InChI is InChI=1S/C21H16N6O3S/c1-26(16-6-2-14(10-22)3-7-16)21(28)18-13-27-19(11-25-20(27)12-24-18)15-4-8-17(9-5-15)31(23,29)30/h2-9,11-13H,1H3,(H2,23,29,30). The van der Waals surface area contributed by atoms with Crippen molar-refractivity contribution in [1.82, 2.24) is 14.4 Å². The molecule has 2 heterocycles. The number of sulfonamides is 1. The van der Waals surface area contributed by atoms with Gasteiger partial charge in [-0.1, -0.05) is 12.1 Å². The Hall–Kier alpha value is -4.07. The first-order valence-electron chi connectivity index (χ1n) is 9.02. The molecule has 154 valence electrons. The van der Waals surface area contributed by atoms with Gasteiger partial charge < -0.3 is 4.90 Å². The maximum absolute atomic E-state index is 13.0. The molecule has 10 heteroatoms. The Morgan fingerprint density at radius 1 is 1.06 bits per heavy atom. The summed E-state index contributed by atoms with van der Waals surface area (Å²) in [5.74, 6) is -0.337. The Balaban J connectivity index is 1.69. The zero-order chi connectivity index (χ0) is 22.2. The maximum atomic E-state index is 13.0. The largest absolute Gasteiger partial charge is 0.310 e. The van der Waals surface area contributed by atoms with E-state index in [1.165, 1.54) is 23.2 Å². The van der Waals surface area contributed by atoms with E-state index in [1.807, 2.05) is 6.07 Å². The summed E-state index contributed by atoms with van der Waals surface area (Å²) < 4.78 is 24.7. The molecule has 1 amide bonds. The highest BCUT2D eigenvalue weighted by molar-refractivity contribution is 7.89. The number of hydrogen-bond donors (Lipinski definition) is 1. The molecule has 2 aromatic heterocycles. The van der Waals surface area contributed by atoms with E-state index in [0.29, 0.717) is 28.2 Å². The second kappa shape index (κ2) is 7.64. The number of anilines is 1. The van der Waals surface area contributed by atoms with Crippen LogP contribution >= 0.6 is 0 Å². The van der Waals surface area contributed by atoms with E-state index < -0.39 is 10.0 Å². The number of nitriles is 1. The van der Waals surface area contributed by atoms with Crippen molar-refractivity contribution in [1.29, 1.82) is 5.26 Å². The van der Waals surface area contributed by atoms with Crippen molar-refractivity contribution in [3.8, 4) is 17.3 Å². The fraction of sp³-hybridized carbons (Fsp3) is 0.0476. The number of carbonyl (C=O) groups is 1. The lowest BCUT2D eigenvalue weighted by Crippen LogP contribution is -2.27. The van der Waals surface area contributed by atoms with Gasteiger partial charge in [0.2, 0.25) is 10.0 Å². The summed E-state index contributed by atoms with van der Waals surface area (Å²) in [7, 11) is -2.17. The molecule has 0 unspecified atom stereocenters. The van der Waals surface area contributed by atoms with Crippen LogP contribution in [0.3, 0.4) is 0 Å². The van der Waals surface area contributed by atoms with Crippen LogP contribution in [0.2, 0.25) is 0 Å². The fourth-order valence-electron chi connectivity index (χ4n) is 3.08. The summed E-state index contributed by atoms with van der Waals surface area (Å²) >= 11 is 0. The third-order valence-corrected chi connectivity index (χ3v) is 5.71. The predicted molar refractivity (Wildman–Crippen MR) is 114 cm³/mol. The van der Waals surface area contributed by atoms with Crippen LogP contribution in [-0.4, -0.2) is 35.7 Å². The maximum Gasteiger partial charge on any atom is 0.278 e. The number of nitrogens with zero attached hydrogens (tertiary/aromatic N) is 5. The topological polar surface area (TPSA) is 134 Å². The van der Waals surface area contributed by atoms with Crippen molar-refractivity contribution in [2.45, 2.75) is 4.90 Å². The summed E-state index contributed by atoms with van der Waals surface area (Å²) in [6.45, 7) is 0. The summed E-state index contributed by atoms with van der Waals surface area (Å²) in [5, 5.41) is 14.1. The van der Waals surface area contributed by atoms with Crippen molar-refractivity contribution in [3.05, 3.63) is 78.4 Å². The van der Waals surface area contributed by atoms with Crippen molar-refractivity contribution >= 4 is 27.3 Å². The molecule has 31 heavy (non-hydrogen) atoms. The highest BCUT2D eigenvalue weighted by Gasteiger charge is 2.17. The molecular formula is C21H16N6O3S. The first-order valence-corrected chi connectivity index (χ1v) is 10.6. The highest BCUT2D eigenvalue weighted by atomic mass is 32.2. The Kier molecular flexibility index (Phi) is 4.98. The van der Waals surface area contributed by atoms with Crippen LogP contribution in [0.5, 0.6) is 0 Å². The van der Waals surface area contributed by atoms with Crippen molar-refractivity contribution < 1.29 is 13.2 Å². The van der Waals surface area contributed by atoms with Gasteiger partial charge in [0, 0.05) is 24.5 Å². The number of rotatable bonds is 4. The number of fused-ring (bicyclic) bond motifs is 1. The van der Waals surface area contributed by atoms with E-state index in [9.17, 15) is 13.2 Å². The molecule has 0 saturated carbocycles. The molecule has 0 radical (unpaired) electrons. The average Bonchev–Trinajstić information content (AvgIpc) is 3.21. The van der Waals surface area contributed by atoms with Crippen LogP contribution < -0.4 is 10.0 Å². The minimum atomic E-state index is -3.79. The van der Waals surface area contributed by atoms with E-state index in [0.717, 1.165) is 0 Å². The molecule has 0 aliphatic carbocycles. The average molecular weight is 432 g/mol. The molecule has 4 rings (SSSR count). The van der Waals surface area contributed by atoms with Crippen LogP contribution in [0.1, 0.15) is 16.1 Å². The monoisotopic (exact) mass is 432 g/mol. The number of amides is 1. The molecule has 0 atom stereocenters. The van der Waals surface area contributed by atoms with E-state index in [-0.39, 0.29) is 16.5 Å². The van der Waals surface area contributed by atoms with Crippen molar-refractivity contribution in [3.63, 3.8) is 0 Å². The smallest absolute Gasteiger partial charge is 0.278 e. The van der Waals surface area contributed by atoms with E-state index in [4.69, 9.17) is 10.4 Å². The third-order valence-electron chi connectivity index (χ3n) is 4.78. The highest BCUT2D eigenvalue weighted by Crippen LogP contribution is 2.23. The van der Waals surface area contributed by atoms with Gasteiger partial charge in [0.15, 0.2) is 5.65 Å². The number of aromatic nitrogens is 3. The number of nitrogens with two attached hydrogens (primary N) is 1. The third kappa shape index (κ3) is 3.87. The molecule has 0 saturated heterocycles. The second-order valence-corrected chi connectivity index (χ2v) is 8.30. The zero-order valence-corrected chi connectivity index (χ0v) is 17.1. The van der Waals surface area contributed by atoms with Gasteiger partial charge in [0.1, 0.15) is 5.69 Å². The van der Waals surface area contributed by atoms with Gasteiger partial charge in [-0.05, 0) is 36.4 Å². The first-order chi connectivity index (χ1) is 14.8. The van der Waals surface area contributed by atoms with Gasteiger partial charge in [-0.3, -0.25) is 9.20 Å². The van der Waals surface area contributed by atoms with Crippen LogP contribution in [0.4, 0.5) is 5.69 Å². The minimum absolute atomic E-state index is 0.00615. The molecule has 0 spiro atoms. The molecule has 0 bridgehead atoms. The molecule has 2 aromatic carbocycles. The SMILES string of the molecule is CN(C(=O)c1cn2c(-c3ccc(S(N)(=O)=O)cc3)cnc2cn1)c1ccc(C#N)cc1. The van der Waals surface area contributed by atoms with E-state index >= 15 is 0 Å². The number of primary sulfonamides is 1. The Morgan fingerprint density at radius 3 is 2.35 bits per heavy atom. The number of benzene rings is 2. The lowest BCUT2D eigenvalue weighted by molar-refractivity contribution is 0.0988.